The molecule has 21 heavy (non-hydrogen) atoms. The second kappa shape index (κ2) is 5.13. The van der Waals surface area contributed by atoms with Gasteiger partial charge < -0.3 is 5.11 Å². The van der Waals surface area contributed by atoms with Gasteiger partial charge in [-0.25, -0.2) is 17.1 Å². The number of nitrogens with zero attached hydrogens (tertiary/aromatic N) is 1. The van der Waals surface area contributed by atoms with Crippen molar-refractivity contribution in [3.63, 3.8) is 0 Å². The first-order valence-electron chi connectivity index (χ1n) is 6.16. The summed E-state index contributed by atoms with van der Waals surface area (Å²) in [4.78, 5) is 11.8. The van der Waals surface area contributed by atoms with Crippen molar-refractivity contribution in [2.24, 2.45) is 0 Å². The largest absolute Gasteiger partial charge is 0.384 e. The van der Waals surface area contributed by atoms with E-state index in [1.165, 1.54) is 26.0 Å². The van der Waals surface area contributed by atoms with Crippen molar-refractivity contribution in [2.45, 2.75) is 25.1 Å². The van der Waals surface area contributed by atoms with Gasteiger partial charge in [0.1, 0.15) is 12.4 Å². The van der Waals surface area contributed by atoms with Gasteiger partial charge in [-0.1, -0.05) is 11.8 Å². The van der Waals surface area contributed by atoms with E-state index < -0.39 is 26.5 Å². The number of halogens is 1. The molecule has 1 aromatic carbocycles. The fourth-order valence-electron chi connectivity index (χ4n) is 1.98. The zero-order valence-corrected chi connectivity index (χ0v) is 12.4. The van der Waals surface area contributed by atoms with Gasteiger partial charge >= 0.3 is 0 Å². The third kappa shape index (κ3) is 2.41. The van der Waals surface area contributed by atoms with Crippen molar-refractivity contribution in [1.82, 2.24) is 4.31 Å². The molecule has 1 fully saturated rings. The van der Waals surface area contributed by atoms with E-state index in [2.05, 4.69) is 11.8 Å². The van der Waals surface area contributed by atoms with Crippen LogP contribution in [-0.4, -0.2) is 35.1 Å². The van der Waals surface area contributed by atoms with Crippen molar-refractivity contribution >= 4 is 15.9 Å². The first-order chi connectivity index (χ1) is 9.71. The molecule has 112 valence electrons. The number of sulfonamides is 1. The third-order valence-electron chi connectivity index (χ3n) is 3.35. The molecule has 2 rings (SSSR count). The molecule has 1 aliphatic heterocycles. The molecular weight excluding hydrogens is 297 g/mol. The molecule has 1 saturated heterocycles. The molecule has 1 amide bonds. The number of carbonyl (C=O) groups excluding carboxylic acids is 1. The molecule has 0 atom stereocenters. The molecule has 0 radical (unpaired) electrons. The topological polar surface area (TPSA) is 74.7 Å². The molecule has 0 aromatic heterocycles. The smallest absolute Gasteiger partial charge is 0.259 e. The normalized spacial score (nSPS) is 18.7. The number of carbonyl (C=O) groups is 1. The molecule has 0 bridgehead atoms. The summed E-state index contributed by atoms with van der Waals surface area (Å²) in [5.74, 6) is 3.84. The molecule has 0 saturated carbocycles. The number of benzene rings is 1. The Hall–Kier alpha value is -1.91. The molecule has 1 heterocycles. The molecule has 1 aliphatic rings. The summed E-state index contributed by atoms with van der Waals surface area (Å²) in [5, 5.41) is 8.63. The number of aliphatic hydroxyl groups excluding tert-OH is 1. The Labute approximate surface area is 122 Å². The van der Waals surface area contributed by atoms with Gasteiger partial charge in [0.05, 0.1) is 6.54 Å². The number of hydrogen-bond donors (Lipinski definition) is 1. The van der Waals surface area contributed by atoms with E-state index in [4.69, 9.17) is 5.11 Å². The van der Waals surface area contributed by atoms with E-state index in [9.17, 15) is 17.6 Å². The Morgan fingerprint density at radius 1 is 1.38 bits per heavy atom. The molecule has 1 N–H and O–H groups in total. The summed E-state index contributed by atoms with van der Waals surface area (Å²) in [6, 6.07) is 3.93. The van der Waals surface area contributed by atoms with Gasteiger partial charge in [0, 0.05) is 11.1 Å². The monoisotopic (exact) mass is 311 g/mol. The van der Waals surface area contributed by atoms with Crippen LogP contribution in [0.4, 0.5) is 4.39 Å². The molecule has 0 unspecified atom stereocenters. The first-order valence-corrected chi connectivity index (χ1v) is 7.60. The minimum atomic E-state index is -3.75. The fourth-order valence-corrected chi connectivity index (χ4v) is 3.49. The average molecular weight is 311 g/mol. The highest BCUT2D eigenvalue weighted by atomic mass is 32.2. The number of aliphatic hydroxyl groups is 1. The highest BCUT2D eigenvalue weighted by Gasteiger charge is 2.60. The van der Waals surface area contributed by atoms with E-state index in [1.807, 2.05) is 0 Å². The molecular formula is C14H14FNO4S. The van der Waals surface area contributed by atoms with E-state index >= 15 is 0 Å². The predicted octanol–water partition coefficient (Wildman–Crippen LogP) is 0.620. The van der Waals surface area contributed by atoms with E-state index in [-0.39, 0.29) is 18.7 Å². The lowest BCUT2D eigenvalue weighted by Gasteiger charge is -2.43. The Bertz CT molecular complexity index is 759. The van der Waals surface area contributed by atoms with Crippen molar-refractivity contribution < 1.29 is 22.7 Å². The number of amides is 1. The molecule has 1 aromatic rings. The van der Waals surface area contributed by atoms with Gasteiger partial charge in [-0.05, 0) is 32.0 Å². The maximum Gasteiger partial charge on any atom is 0.259 e. The highest BCUT2D eigenvalue weighted by Crippen LogP contribution is 2.36. The van der Waals surface area contributed by atoms with Gasteiger partial charge in [-0.2, -0.15) is 0 Å². The summed E-state index contributed by atoms with van der Waals surface area (Å²) in [5.41, 5.74) is 0.497. The van der Waals surface area contributed by atoms with E-state index in [0.717, 1.165) is 6.07 Å². The SMILES string of the molecule is CC1(C)C(=O)N(Cc2cc(C#CCO)ccc2F)S1(=O)=O. The molecule has 0 spiro atoms. The maximum atomic E-state index is 13.8. The van der Waals surface area contributed by atoms with Crippen LogP contribution in [0.15, 0.2) is 18.2 Å². The lowest BCUT2D eigenvalue weighted by molar-refractivity contribution is -0.132. The highest BCUT2D eigenvalue weighted by molar-refractivity contribution is 7.94. The van der Waals surface area contributed by atoms with Gasteiger partial charge in [-0.15, -0.1) is 0 Å². The average Bonchev–Trinajstić information content (AvgIpc) is 2.43. The molecule has 5 nitrogen and oxygen atoms in total. The number of hydrogen-bond acceptors (Lipinski definition) is 4. The molecule has 7 heteroatoms. The summed E-state index contributed by atoms with van der Waals surface area (Å²) in [7, 11) is -3.75. The Morgan fingerprint density at radius 2 is 2.05 bits per heavy atom. The summed E-state index contributed by atoms with van der Waals surface area (Å²) in [6.45, 7) is 1.95. The van der Waals surface area contributed by atoms with Crippen molar-refractivity contribution in [2.75, 3.05) is 6.61 Å². The lowest BCUT2D eigenvalue weighted by atomic mass is 10.1. The molecule has 0 aliphatic carbocycles. The summed E-state index contributed by atoms with van der Waals surface area (Å²) >= 11 is 0. The van der Waals surface area contributed by atoms with Crippen LogP contribution >= 0.6 is 0 Å². The van der Waals surface area contributed by atoms with Crippen LogP contribution in [0.3, 0.4) is 0 Å². The lowest BCUT2D eigenvalue weighted by Crippen LogP contribution is -2.66. The van der Waals surface area contributed by atoms with Crippen LogP contribution in [-0.2, 0) is 21.4 Å². The van der Waals surface area contributed by atoms with Gasteiger partial charge in [0.2, 0.25) is 0 Å². The zero-order chi connectivity index (χ0) is 15.8. The Morgan fingerprint density at radius 3 is 2.62 bits per heavy atom. The van der Waals surface area contributed by atoms with Crippen LogP contribution in [0, 0.1) is 17.7 Å². The van der Waals surface area contributed by atoms with Crippen molar-refractivity contribution in [3.05, 3.63) is 35.1 Å². The van der Waals surface area contributed by atoms with Crippen molar-refractivity contribution in [1.29, 1.82) is 0 Å². The second-order valence-corrected chi connectivity index (χ2v) is 7.50. The van der Waals surface area contributed by atoms with Crippen LogP contribution in [0.2, 0.25) is 0 Å². The minimum absolute atomic E-state index is 0.0622. The standard InChI is InChI=1S/C14H14FNO4S/c1-14(2)13(18)16(21(14,19)20)9-11-8-10(4-3-7-17)5-6-12(11)15/h5-6,8,17H,7,9H2,1-2H3. The Balaban J connectivity index is 2.31. The van der Waals surface area contributed by atoms with Crippen LogP contribution in [0.1, 0.15) is 25.0 Å². The predicted molar refractivity (Wildman–Crippen MR) is 73.9 cm³/mol. The maximum absolute atomic E-state index is 13.8. The second-order valence-electron chi connectivity index (χ2n) is 5.09. The van der Waals surface area contributed by atoms with Gasteiger partial charge in [0.15, 0.2) is 4.75 Å². The minimum Gasteiger partial charge on any atom is -0.384 e. The van der Waals surface area contributed by atoms with E-state index in [1.54, 1.807) is 0 Å². The van der Waals surface area contributed by atoms with Crippen LogP contribution in [0.5, 0.6) is 0 Å². The summed E-state index contributed by atoms with van der Waals surface area (Å²) < 4.78 is 36.9. The van der Waals surface area contributed by atoms with Gasteiger partial charge in [-0.3, -0.25) is 4.79 Å². The van der Waals surface area contributed by atoms with Crippen molar-refractivity contribution in [3.8, 4) is 11.8 Å². The summed E-state index contributed by atoms with van der Waals surface area (Å²) in [6.07, 6.45) is 0. The quantitative estimate of drug-likeness (QED) is 0.813. The Kier molecular flexibility index (Phi) is 3.78. The van der Waals surface area contributed by atoms with Crippen LogP contribution in [0.25, 0.3) is 0 Å². The third-order valence-corrected chi connectivity index (χ3v) is 5.69. The fraction of sp³-hybridized carbons (Fsp3) is 0.357. The van der Waals surface area contributed by atoms with Gasteiger partial charge in [0.25, 0.3) is 15.9 Å². The van der Waals surface area contributed by atoms with E-state index in [0.29, 0.717) is 9.87 Å². The number of rotatable bonds is 2. The zero-order valence-electron chi connectivity index (χ0n) is 11.6. The first kappa shape index (κ1) is 15.5. The van der Waals surface area contributed by atoms with Crippen LogP contribution < -0.4 is 0 Å².